The number of nitrogens with zero attached hydrogens (tertiary/aromatic N) is 1. The molecule has 0 saturated heterocycles. The molecule has 5 heteroatoms. The Hall–Kier alpha value is -3.60. The molecule has 0 saturated carbocycles. The third-order valence-corrected chi connectivity index (χ3v) is 5.52. The molecule has 0 radical (unpaired) electrons. The predicted octanol–water partition coefficient (Wildman–Crippen LogP) is 5.24. The second-order valence-corrected chi connectivity index (χ2v) is 10.1. The van der Waals surface area contributed by atoms with Gasteiger partial charge in [-0.1, -0.05) is 66.7 Å². The minimum Gasteiger partial charge on any atom is -0.484 e. The van der Waals surface area contributed by atoms with Crippen LogP contribution in [0.1, 0.15) is 43.0 Å². The van der Waals surface area contributed by atoms with E-state index in [-0.39, 0.29) is 18.4 Å². The summed E-state index contributed by atoms with van der Waals surface area (Å²) in [5.41, 5.74) is 3.65. The Bertz CT molecular complexity index is 1100. The lowest BCUT2D eigenvalue weighted by Crippen LogP contribution is -2.55. The predicted molar refractivity (Wildman–Crippen MR) is 140 cm³/mol. The van der Waals surface area contributed by atoms with Crippen molar-refractivity contribution in [3.05, 3.63) is 101 Å². The summed E-state index contributed by atoms with van der Waals surface area (Å²) in [6.07, 6.45) is 0.408. The van der Waals surface area contributed by atoms with E-state index in [1.54, 1.807) is 4.90 Å². The zero-order chi connectivity index (χ0) is 25.4. The molecule has 0 fully saturated rings. The first kappa shape index (κ1) is 26.0. The number of carbonyl (C=O) groups is 2. The van der Waals surface area contributed by atoms with Gasteiger partial charge in [0.2, 0.25) is 5.91 Å². The molecule has 3 aromatic rings. The van der Waals surface area contributed by atoms with Crippen molar-refractivity contribution in [3.63, 3.8) is 0 Å². The highest BCUT2D eigenvalue weighted by atomic mass is 16.5. The molecular weight excluding hydrogens is 436 g/mol. The molecule has 0 aliphatic rings. The van der Waals surface area contributed by atoms with Crippen LogP contribution in [0.5, 0.6) is 5.75 Å². The van der Waals surface area contributed by atoms with Crippen LogP contribution >= 0.6 is 0 Å². The molecule has 5 nitrogen and oxygen atoms in total. The second kappa shape index (κ2) is 11.7. The minimum absolute atomic E-state index is 0.149. The van der Waals surface area contributed by atoms with Crippen molar-refractivity contribution < 1.29 is 14.3 Å². The lowest BCUT2D eigenvalue weighted by Gasteiger charge is -2.33. The molecule has 1 N–H and O–H groups in total. The van der Waals surface area contributed by atoms with E-state index in [4.69, 9.17) is 4.74 Å². The fourth-order valence-corrected chi connectivity index (χ4v) is 4.03. The van der Waals surface area contributed by atoms with Gasteiger partial charge in [-0.3, -0.25) is 9.59 Å². The molecule has 0 heterocycles. The summed E-state index contributed by atoms with van der Waals surface area (Å²) < 4.78 is 5.91. The number of ether oxygens (including phenoxy) is 1. The van der Waals surface area contributed by atoms with Gasteiger partial charge in [-0.15, -0.1) is 0 Å². The SMILES string of the molecule is Cc1cc(C)cc(OCC(=O)N(Cc2ccccc2)[C@@H](Cc2ccccc2)C(=O)NC(C)(C)C)c1. The van der Waals surface area contributed by atoms with Gasteiger partial charge >= 0.3 is 0 Å². The maximum atomic E-state index is 13.6. The van der Waals surface area contributed by atoms with Gasteiger partial charge < -0.3 is 15.0 Å². The van der Waals surface area contributed by atoms with Gasteiger partial charge in [-0.05, 0) is 69.0 Å². The van der Waals surface area contributed by atoms with E-state index in [0.29, 0.717) is 18.7 Å². The number of amides is 2. The Morgan fingerprint density at radius 1 is 0.857 bits per heavy atom. The second-order valence-electron chi connectivity index (χ2n) is 10.1. The highest BCUT2D eigenvalue weighted by Gasteiger charge is 2.32. The number of benzene rings is 3. The topological polar surface area (TPSA) is 58.6 Å². The van der Waals surface area contributed by atoms with Crippen molar-refractivity contribution in [2.45, 2.75) is 59.2 Å². The number of aryl methyl sites for hydroxylation is 2. The van der Waals surface area contributed by atoms with Gasteiger partial charge in [0, 0.05) is 18.5 Å². The maximum absolute atomic E-state index is 13.6. The zero-order valence-electron chi connectivity index (χ0n) is 21.4. The Morgan fingerprint density at radius 2 is 1.40 bits per heavy atom. The van der Waals surface area contributed by atoms with Crippen LogP contribution in [0.2, 0.25) is 0 Å². The fraction of sp³-hybridized carbons (Fsp3) is 0.333. The van der Waals surface area contributed by atoms with Crippen LogP contribution in [0.3, 0.4) is 0 Å². The fourth-order valence-electron chi connectivity index (χ4n) is 4.03. The molecule has 3 rings (SSSR count). The zero-order valence-corrected chi connectivity index (χ0v) is 21.4. The molecule has 3 aromatic carbocycles. The van der Waals surface area contributed by atoms with Crippen LogP contribution in [0.15, 0.2) is 78.9 Å². The van der Waals surface area contributed by atoms with E-state index in [1.165, 1.54) is 0 Å². The van der Waals surface area contributed by atoms with Gasteiger partial charge in [0.25, 0.3) is 5.91 Å². The molecular formula is C30H36N2O3. The van der Waals surface area contributed by atoms with Crippen molar-refractivity contribution in [2.75, 3.05) is 6.61 Å². The first-order chi connectivity index (χ1) is 16.6. The van der Waals surface area contributed by atoms with Crippen molar-refractivity contribution in [1.29, 1.82) is 0 Å². The highest BCUT2D eigenvalue weighted by Crippen LogP contribution is 2.19. The summed E-state index contributed by atoms with van der Waals surface area (Å²) >= 11 is 0. The molecule has 184 valence electrons. The number of carbonyl (C=O) groups excluding carboxylic acids is 2. The Labute approximate surface area is 209 Å². The summed E-state index contributed by atoms with van der Waals surface area (Å²) in [5.74, 6) is 0.226. The molecule has 0 aliphatic heterocycles. The largest absolute Gasteiger partial charge is 0.484 e. The molecule has 0 aromatic heterocycles. The van der Waals surface area contributed by atoms with Crippen molar-refractivity contribution in [1.82, 2.24) is 10.2 Å². The lowest BCUT2D eigenvalue weighted by molar-refractivity contribution is -0.143. The summed E-state index contributed by atoms with van der Waals surface area (Å²) in [4.78, 5) is 28.8. The minimum atomic E-state index is -0.688. The van der Waals surface area contributed by atoms with Gasteiger partial charge in [-0.25, -0.2) is 0 Å². The normalized spacial score (nSPS) is 12.0. The van der Waals surface area contributed by atoms with Gasteiger partial charge in [0.15, 0.2) is 6.61 Å². The summed E-state index contributed by atoms with van der Waals surface area (Å²) in [7, 11) is 0. The average molecular weight is 473 g/mol. The van der Waals surface area contributed by atoms with Gasteiger partial charge in [-0.2, -0.15) is 0 Å². The van der Waals surface area contributed by atoms with Crippen LogP contribution < -0.4 is 10.1 Å². The standard InChI is InChI=1S/C30H36N2O3/c1-22-16-23(2)18-26(17-22)35-21-28(33)32(20-25-14-10-7-11-15-25)27(29(34)31-30(3,4)5)19-24-12-8-6-9-13-24/h6-18,27H,19-21H2,1-5H3,(H,31,34)/t27-/m0/s1. The van der Waals surface area contributed by atoms with Crippen molar-refractivity contribution in [2.24, 2.45) is 0 Å². The third kappa shape index (κ3) is 8.29. The Balaban J connectivity index is 1.91. The van der Waals surface area contributed by atoms with Crippen LogP contribution in [-0.2, 0) is 22.6 Å². The van der Waals surface area contributed by atoms with E-state index in [2.05, 4.69) is 11.4 Å². The number of rotatable bonds is 9. The van der Waals surface area contributed by atoms with Crippen LogP contribution in [0.25, 0.3) is 0 Å². The van der Waals surface area contributed by atoms with Gasteiger partial charge in [0.05, 0.1) is 0 Å². The average Bonchev–Trinajstić information content (AvgIpc) is 2.79. The molecule has 0 bridgehead atoms. The van der Waals surface area contributed by atoms with E-state index in [0.717, 1.165) is 22.3 Å². The highest BCUT2D eigenvalue weighted by molar-refractivity contribution is 5.89. The quantitative estimate of drug-likeness (QED) is 0.464. The molecule has 1 atom stereocenters. The smallest absolute Gasteiger partial charge is 0.261 e. The van der Waals surface area contributed by atoms with E-state index >= 15 is 0 Å². The first-order valence-electron chi connectivity index (χ1n) is 12.0. The maximum Gasteiger partial charge on any atom is 0.261 e. The molecule has 0 unspecified atom stereocenters. The molecule has 2 amide bonds. The van der Waals surface area contributed by atoms with E-state index in [1.807, 2.05) is 107 Å². The summed E-state index contributed by atoms with van der Waals surface area (Å²) in [6, 6.07) is 24.7. The number of hydrogen-bond acceptors (Lipinski definition) is 3. The van der Waals surface area contributed by atoms with E-state index in [9.17, 15) is 9.59 Å². The monoisotopic (exact) mass is 472 g/mol. The van der Waals surface area contributed by atoms with Crippen molar-refractivity contribution >= 4 is 11.8 Å². The van der Waals surface area contributed by atoms with E-state index < -0.39 is 11.6 Å². The van der Waals surface area contributed by atoms with Crippen LogP contribution in [0.4, 0.5) is 0 Å². The molecule has 0 spiro atoms. The third-order valence-electron chi connectivity index (χ3n) is 5.52. The van der Waals surface area contributed by atoms with Crippen LogP contribution in [0, 0.1) is 13.8 Å². The molecule has 0 aliphatic carbocycles. The Morgan fingerprint density at radius 3 is 1.94 bits per heavy atom. The van der Waals surface area contributed by atoms with Gasteiger partial charge in [0.1, 0.15) is 11.8 Å². The Kier molecular flexibility index (Phi) is 8.69. The summed E-state index contributed by atoms with van der Waals surface area (Å²) in [5, 5.41) is 3.08. The lowest BCUT2D eigenvalue weighted by atomic mass is 10.0. The molecule has 35 heavy (non-hydrogen) atoms. The number of hydrogen-bond donors (Lipinski definition) is 1. The summed E-state index contributed by atoms with van der Waals surface area (Å²) in [6.45, 7) is 9.98. The van der Waals surface area contributed by atoms with Crippen LogP contribution in [-0.4, -0.2) is 34.9 Å². The number of nitrogens with one attached hydrogen (secondary N) is 1. The van der Waals surface area contributed by atoms with Crippen molar-refractivity contribution in [3.8, 4) is 5.75 Å². The first-order valence-corrected chi connectivity index (χ1v) is 12.0.